The predicted octanol–water partition coefficient (Wildman–Crippen LogP) is 3.70. The van der Waals surface area contributed by atoms with E-state index in [1.165, 1.54) is 5.56 Å². The zero-order valence-corrected chi connectivity index (χ0v) is 11.8. The second-order valence-corrected chi connectivity index (χ2v) is 5.18. The smallest absolute Gasteiger partial charge is 0.228 e. The van der Waals surface area contributed by atoms with E-state index in [0.29, 0.717) is 5.92 Å². The number of phenols is 1. The van der Waals surface area contributed by atoms with Crippen LogP contribution in [0.2, 0.25) is 0 Å². The van der Waals surface area contributed by atoms with E-state index in [4.69, 9.17) is 0 Å². The summed E-state index contributed by atoms with van der Waals surface area (Å²) in [6, 6.07) is 14.6. The Morgan fingerprint density at radius 3 is 2.60 bits per heavy atom. The number of hydrogen-bond acceptors (Lipinski definition) is 2. The lowest BCUT2D eigenvalue weighted by atomic mass is 10.0. The van der Waals surface area contributed by atoms with Crippen LogP contribution in [0.25, 0.3) is 0 Å². The van der Waals surface area contributed by atoms with Gasteiger partial charge in [-0.2, -0.15) is 0 Å². The van der Waals surface area contributed by atoms with Gasteiger partial charge in [0.2, 0.25) is 5.91 Å². The molecule has 0 bridgehead atoms. The van der Waals surface area contributed by atoms with Crippen LogP contribution in [0.3, 0.4) is 0 Å². The highest BCUT2D eigenvalue weighted by molar-refractivity contribution is 5.92. The van der Waals surface area contributed by atoms with E-state index in [1.807, 2.05) is 24.3 Å². The van der Waals surface area contributed by atoms with Crippen molar-refractivity contribution in [2.45, 2.75) is 26.2 Å². The number of anilines is 1. The van der Waals surface area contributed by atoms with E-state index in [-0.39, 0.29) is 18.1 Å². The number of nitrogens with one attached hydrogen (secondary N) is 1. The maximum absolute atomic E-state index is 12.0. The van der Waals surface area contributed by atoms with Gasteiger partial charge in [0.05, 0.1) is 6.42 Å². The van der Waals surface area contributed by atoms with E-state index in [2.05, 4.69) is 25.2 Å². The maximum atomic E-state index is 12.0. The molecule has 0 fully saturated rings. The summed E-state index contributed by atoms with van der Waals surface area (Å²) in [6.07, 6.45) is 0.250. The fourth-order valence-electron chi connectivity index (χ4n) is 2.03. The van der Waals surface area contributed by atoms with Gasteiger partial charge in [0.15, 0.2) is 0 Å². The van der Waals surface area contributed by atoms with Gasteiger partial charge < -0.3 is 10.4 Å². The molecule has 0 aliphatic heterocycles. The minimum Gasteiger partial charge on any atom is -0.508 e. The lowest BCUT2D eigenvalue weighted by molar-refractivity contribution is -0.115. The fraction of sp³-hybridized carbons (Fsp3) is 0.235. The summed E-state index contributed by atoms with van der Waals surface area (Å²) in [5.41, 5.74) is 2.80. The summed E-state index contributed by atoms with van der Waals surface area (Å²) in [5.74, 6) is 0.520. The van der Waals surface area contributed by atoms with Gasteiger partial charge in [-0.15, -0.1) is 0 Å². The zero-order chi connectivity index (χ0) is 14.5. The molecule has 0 heterocycles. The van der Waals surface area contributed by atoms with E-state index in [1.54, 1.807) is 18.2 Å². The van der Waals surface area contributed by atoms with Gasteiger partial charge in [-0.25, -0.2) is 0 Å². The summed E-state index contributed by atoms with van der Waals surface area (Å²) >= 11 is 0. The second-order valence-electron chi connectivity index (χ2n) is 5.18. The molecule has 3 nitrogen and oxygen atoms in total. The average Bonchev–Trinajstić information content (AvgIpc) is 2.38. The van der Waals surface area contributed by atoms with Gasteiger partial charge in [0, 0.05) is 5.69 Å². The Balaban J connectivity index is 2.03. The van der Waals surface area contributed by atoms with Gasteiger partial charge in [0.25, 0.3) is 0 Å². The van der Waals surface area contributed by atoms with Crippen molar-refractivity contribution in [3.8, 4) is 5.75 Å². The summed E-state index contributed by atoms with van der Waals surface area (Å²) in [7, 11) is 0. The largest absolute Gasteiger partial charge is 0.508 e. The topological polar surface area (TPSA) is 49.3 Å². The van der Waals surface area contributed by atoms with Crippen LogP contribution in [0, 0.1) is 0 Å². The standard InChI is InChI=1S/C17H19NO2/c1-12(2)14-6-4-7-15(11-14)18-17(20)10-13-5-3-8-16(19)9-13/h3-9,11-12,19H,10H2,1-2H3,(H,18,20). The van der Waals surface area contributed by atoms with Crippen LogP contribution in [0.4, 0.5) is 5.69 Å². The highest BCUT2D eigenvalue weighted by atomic mass is 16.3. The Morgan fingerprint density at radius 2 is 1.90 bits per heavy atom. The maximum Gasteiger partial charge on any atom is 0.228 e. The SMILES string of the molecule is CC(C)c1cccc(NC(=O)Cc2cccc(O)c2)c1. The van der Waals surface area contributed by atoms with Crippen LogP contribution in [0.15, 0.2) is 48.5 Å². The number of carbonyl (C=O) groups excluding carboxylic acids is 1. The third-order valence-corrected chi connectivity index (χ3v) is 3.11. The summed E-state index contributed by atoms with van der Waals surface area (Å²) < 4.78 is 0. The van der Waals surface area contributed by atoms with Gasteiger partial charge in [-0.1, -0.05) is 38.1 Å². The number of benzene rings is 2. The summed E-state index contributed by atoms with van der Waals surface area (Å²) in [4.78, 5) is 12.0. The van der Waals surface area contributed by atoms with Crippen molar-refractivity contribution in [1.29, 1.82) is 0 Å². The van der Waals surface area contributed by atoms with Gasteiger partial charge >= 0.3 is 0 Å². The van der Waals surface area contributed by atoms with Crippen molar-refractivity contribution < 1.29 is 9.90 Å². The Labute approximate surface area is 119 Å². The lowest BCUT2D eigenvalue weighted by Crippen LogP contribution is -2.14. The van der Waals surface area contributed by atoms with Gasteiger partial charge in [0.1, 0.15) is 5.75 Å². The zero-order valence-electron chi connectivity index (χ0n) is 11.8. The monoisotopic (exact) mass is 269 g/mol. The van der Waals surface area contributed by atoms with E-state index in [9.17, 15) is 9.90 Å². The number of carbonyl (C=O) groups is 1. The molecule has 2 aromatic rings. The van der Waals surface area contributed by atoms with Crippen LogP contribution in [0.5, 0.6) is 5.75 Å². The molecule has 0 aliphatic rings. The Kier molecular flexibility index (Phi) is 4.41. The molecule has 1 amide bonds. The van der Waals surface area contributed by atoms with Crippen molar-refractivity contribution in [2.75, 3.05) is 5.32 Å². The Bertz CT molecular complexity index is 605. The molecule has 3 heteroatoms. The first kappa shape index (κ1) is 14.1. The molecule has 2 N–H and O–H groups in total. The second kappa shape index (κ2) is 6.24. The molecule has 2 aromatic carbocycles. The average molecular weight is 269 g/mol. The van der Waals surface area contributed by atoms with Gasteiger partial charge in [-0.3, -0.25) is 4.79 Å². The number of amides is 1. The van der Waals surface area contributed by atoms with Crippen LogP contribution in [-0.2, 0) is 11.2 Å². The number of aromatic hydroxyl groups is 1. The quantitative estimate of drug-likeness (QED) is 0.889. The number of hydrogen-bond donors (Lipinski definition) is 2. The van der Waals surface area contributed by atoms with E-state index < -0.39 is 0 Å². The van der Waals surface area contributed by atoms with Crippen molar-refractivity contribution in [1.82, 2.24) is 0 Å². The van der Waals surface area contributed by atoms with Crippen LogP contribution in [-0.4, -0.2) is 11.0 Å². The summed E-state index contributed by atoms with van der Waals surface area (Å²) in [5, 5.41) is 12.3. The predicted molar refractivity (Wildman–Crippen MR) is 81.0 cm³/mol. The minimum absolute atomic E-state index is 0.0866. The van der Waals surface area contributed by atoms with E-state index >= 15 is 0 Å². The van der Waals surface area contributed by atoms with Crippen molar-refractivity contribution in [3.63, 3.8) is 0 Å². The van der Waals surface area contributed by atoms with Crippen molar-refractivity contribution in [3.05, 3.63) is 59.7 Å². The molecule has 2 rings (SSSR count). The molecule has 20 heavy (non-hydrogen) atoms. The normalized spacial score (nSPS) is 10.6. The molecular weight excluding hydrogens is 250 g/mol. The molecule has 0 aliphatic carbocycles. The third-order valence-electron chi connectivity index (χ3n) is 3.11. The molecule has 0 radical (unpaired) electrons. The molecule has 0 saturated carbocycles. The third kappa shape index (κ3) is 3.85. The highest BCUT2D eigenvalue weighted by Crippen LogP contribution is 2.19. The molecular formula is C17H19NO2. The molecule has 0 aromatic heterocycles. The molecule has 0 atom stereocenters. The molecule has 0 spiro atoms. The Morgan fingerprint density at radius 1 is 1.15 bits per heavy atom. The van der Waals surface area contributed by atoms with Crippen LogP contribution >= 0.6 is 0 Å². The van der Waals surface area contributed by atoms with Crippen LogP contribution in [0.1, 0.15) is 30.9 Å². The molecule has 0 unspecified atom stereocenters. The number of rotatable bonds is 4. The first-order valence-electron chi connectivity index (χ1n) is 6.72. The molecule has 104 valence electrons. The fourth-order valence-corrected chi connectivity index (χ4v) is 2.03. The van der Waals surface area contributed by atoms with E-state index in [0.717, 1.165) is 11.3 Å². The molecule has 0 saturated heterocycles. The first-order chi connectivity index (χ1) is 9.54. The lowest BCUT2D eigenvalue weighted by Gasteiger charge is -2.09. The van der Waals surface area contributed by atoms with Crippen LogP contribution < -0.4 is 5.32 Å². The highest BCUT2D eigenvalue weighted by Gasteiger charge is 2.06. The van der Waals surface area contributed by atoms with Gasteiger partial charge in [-0.05, 0) is 41.3 Å². The number of phenolic OH excluding ortho intramolecular Hbond substituents is 1. The summed E-state index contributed by atoms with van der Waals surface area (Å²) in [6.45, 7) is 4.24. The van der Waals surface area contributed by atoms with Crippen molar-refractivity contribution in [2.24, 2.45) is 0 Å². The minimum atomic E-state index is -0.0866. The van der Waals surface area contributed by atoms with Crippen molar-refractivity contribution >= 4 is 11.6 Å². The first-order valence-corrected chi connectivity index (χ1v) is 6.72. The Hall–Kier alpha value is -2.29.